The van der Waals surface area contributed by atoms with Gasteiger partial charge in [0, 0.05) is 61.9 Å². The fourth-order valence-corrected chi connectivity index (χ4v) is 7.73. The third-order valence-electron chi connectivity index (χ3n) is 9.13. The van der Waals surface area contributed by atoms with Crippen LogP contribution in [0.2, 0.25) is 0 Å². The molecule has 4 aliphatic carbocycles. The second-order valence-electron chi connectivity index (χ2n) is 11.9. The van der Waals surface area contributed by atoms with Gasteiger partial charge in [-0.3, -0.25) is 4.90 Å². The van der Waals surface area contributed by atoms with Crippen molar-refractivity contribution in [3.8, 4) is 0 Å². The van der Waals surface area contributed by atoms with Crippen molar-refractivity contribution in [2.75, 3.05) is 54.9 Å². The Hall–Kier alpha value is -2.38. The third kappa shape index (κ3) is 4.73. The number of hydrogen-bond donors (Lipinski definition) is 3. The largest absolute Gasteiger partial charge is 0.395 e. The maximum Gasteiger partial charge on any atom is 0.229 e. The second-order valence-corrected chi connectivity index (χ2v) is 11.9. The number of rotatable bonds is 7. The number of benzene rings is 1. The molecule has 0 radical (unpaired) electrons. The van der Waals surface area contributed by atoms with Gasteiger partial charge in [-0.1, -0.05) is 6.92 Å². The summed E-state index contributed by atoms with van der Waals surface area (Å²) in [5.74, 6) is 4.17. The van der Waals surface area contributed by atoms with Gasteiger partial charge in [-0.15, -0.1) is 0 Å². The lowest BCUT2D eigenvalue weighted by Gasteiger charge is -2.59. The molecule has 188 valence electrons. The summed E-state index contributed by atoms with van der Waals surface area (Å²) in [6.07, 6.45) is 8.91. The fourth-order valence-electron chi connectivity index (χ4n) is 7.73. The molecule has 1 saturated heterocycles. The first-order valence-corrected chi connectivity index (χ1v) is 13.5. The summed E-state index contributed by atoms with van der Waals surface area (Å²) in [6, 6.07) is 9.13. The number of anilines is 4. The van der Waals surface area contributed by atoms with Crippen molar-refractivity contribution in [3.63, 3.8) is 0 Å². The predicted molar refractivity (Wildman–Crippen MR) is 141 cm³/mol. The number of nitrogens with zero attached hydrogens (tertiary/aromatic N) is 4. The first-order valence-electron chi connectivity index (χ1n) is 13.5. The van der Waals surface area contributed by atoms with Crippen LogP contribution in [0.1, 0.15) is 44.6 Å². The molecule has 0 amide bonds. The van der Waals surface area contributed by atoms with Gasteiger partial charge in [-0.25, -0.2) is 4.98 Å². The molecule has 5 aliphatic rings. The van der Waals surface area contributed by atoms with E-state index in [-0.39, 0.29) is 6.61 Å². The Bertz CT molecular complexity index is 1020. The van der Waals surface area contributed by atoms with Gasteiger partial charge in [0.25, 0.3) is 0 Å². The Morgan fingerprint density at radius 2 is 1.74 bits per heavy atom. The molecule has 2 aromatic rings. The lowest BCUT2D eigenvalue weighted by atomic mass is 9.48. The van der Waals surface area contributed by atoms with Crippen molar-refractivity contribution >= 4 is 23.1 Å². The minimum Gasteiger partial charge on any atom is -0.395 e. The number of β-amino-alcohol motifs (C(OH)–C–C–N with tert-alkyl or cyclic N) is 1. The average molecular weight is 477 g/mol. The number of aryl methyl sites for hydroxylation is 1. The summed E-state index contributed by atoms with van der Waals surface area (Å²) in [5, 5.41) is 16.4. The molecule has 0 spiro atoms. The lowest BCUT2D eigenvalue weighted by Crippen LogP contribution is -2.55. The number of aromatic nitrogens is 2. The van der Waals surface area contributed by atoms with E-state index in [9.17, 15) is 0 Å². The Morgan fingerprint density at radius 1 is 1.03 bits per heavy atom. The van der Waals surface area contributed by atoms with Crippen LogP contribution in [0.4, 0.5) is 23.1 Å². The van der Waals surface area contributed by atoms with Gasteiger partial charge in [0.2, 0.25) is 5.95 Å². The van der Waals surface area contributed by atoms with Gasteiger partial charge < -0.3 is 20.6 Å². The molecule has 4 saturated carbocycles. The zero-order valence-corrected chi connectivity index (χ0v) is 21.2. The molecule has 7 heteroatoms. The SMILES string of the molecule is Cc1cnc(Nc2ccc(N3CCN(CCO)CC3)cc2)nc1NC1C2CC3CC1CC(C)(C3)C2. The molecule has 2 heterocycles. The van der Waals surface area contributed by atoms with E-state index in [1.165, 1.54) is 37.8 Å². The standard InChI is InChI=1S/C28H40N6O/c1-19-18-29-27(30-23-3-5-24(6-4-23)34-9-7-33(8-10-34)11-12-35)32-26(19)31-25-21-13-20-14-22(25)17-28(2,15-20)16-21/h3-6,18,20-22,25,35H,7-17H2,1-2H3,(H2,29,30,31,32). The maximum atomic E-state index is 9.15. The van der Waals surface area contributed by atoms with Crippen LogP contribution in [-0.2, 0) is 0 Å². The number of nitrogens with one attached hydrogen (secondary N) is 2. The molecule has 2 unspecified atom stereocenters. The topological polar surface area (TPSA) is 76.6 Å². The van der Waals surface area contributed by atoms with E-state index in [0.717, 1.165) is 67.5 Å². The van der Waals surface area contributed by atoms with E-state index in [2.05, 4.69) is 63.5 Å². The van der Waals surface area contributed by atoms with Crippen LogP contribution in [-0.4, -0.2) is 65.3 Å². The quantitative estimate of drug-likeness (QED) is 0.551. The number of piperazine rings is 1. The van der Waals surface area contributed by atoms with Crippen LogP contribution in [0.15, 0.2) is 30.5 Å². The van der Waals surface area contributed by atoms with Gasteiger partial charge in [-0.2, -0.15) is 4.98 Å². The fraction of sp³-hybridized carbons (Fsp3) is 0.643. The molecule has 5 fully saturated rings. The highest BCUT2D eigenvalue weighted by atomic mass is 16.3. The van der Waals surface area contributed by atoms with Crippen molar-refractivity contribution in [2.45, 2.75) is 52.0 Å². The van der Waals surface area contributed by atoms with Crippen molar-refractivity contribution in [2.24, 2.45) is 23.2 Å². The van der Waals surface area contributed by atoms with Crippen molar-refractivity contribution in [1.29, 1.82) is 0 Å². The van der Waals surface area contributed by atoms with Crippen molar-refractivity contribution < 1.29 is 5.11 Å². The molecule has 1 aromatic carbocycles. The summed E-state index contributed by atoms with van der Waals surface area (Å²) in [7, 11) is 0. The van der Waals surface area contributed by atoms with E-state index in [1.54, 1.807) is 0 Å². The van der Waals surface area contributed by atoms with E-state index in [4.69, 9.17) is 10.1 Å². The summed E-state index contributed by atoms with van der Waals surface area (Å²) in [6.45, 7) is 9.62. The maximum absolute atomic E-state index is 9.15. The highest BCUT2D eigenvalue weighted by Gasteiger charge is 2.53. The zero-order chi connectivity index (χ0) is 24.0. The van der Waals surface area contributed by atoms with Gasteiger partial charge in [0.15, 0.2) is 0 Å². The molecule has 3 N–H and O–H groups in total. The van der Waals surface area contributed by atoms with E-state index in [1.807, 2.05) is 6.20 Å². The summed E-state index contributed by atoms with van der Waals surface area (Å²) in [4.78, 5) is 14.2. The zero-order valence-electron chi connectivity index (χ0n) is 21.2. The Morgan fingerprint density at radius 3 is 2.40 bits per heavy atom. The van der Waals surface area contributed by atoms with Gasteiger partial charge >= 0.3 is 0 Å². The minimum absolute atomic E-state index is 0.237. The minimum atomic E-state index is 0.237. The van der Waals surface area contributed by atoms with E-state index in [0.29, 0.717) is 17.4 Å². The number of aliphatic hydroxyl groups is 1. The Labute approximate surface area is 209 Å². The van der Waals surface area contributed by atoms with Gasteiger partial charge in [0.1, 0.15) is 5.82 Å². The monoisotopic (exact) mass is 476 g/mol. The molecule has 2 atom stereocenters. The first-order chi connectivity index (χ1) is 17.0. The molecule has 1 aliphatic heterocycles. The van der Waals surface area contributed by atoms with E-state index < -0.39 is 0 Å². The summed E-state index contributed by atoms with van der Waals surface area (Å²) < 4.78 is 0. The van der Waals surface area contributed by atoms with Gasteiger partial charge in [0.05, 0.1) is 6.61 Å². The predicted octanol–water partition coefficient (Wildman–Crippen LogP) is 4.27. The smallest absolute Gasteiger partial charge is 0.229 e. The molecule has 7 nitrogen and oxygen atoms in total. The van der Waals surface area contributed by atoms with Crippen molar-refractivity contribution in [1.82, 2.24) is 14.9 Å². The highest BCUT2D eigenvalue weighted by molar-refractivity contribution is 5.60. The van der Waals surface area contributed by atoms with Crippen LogP contribution in [0.25, 0.3) is 0 Å². The second kappa shape index (κ2) is 9.25. The molecule has 7 rings (SSSR count). The third-order valence-corrected chi connectivity index (χ3v) is 9.13. The number of hydrogen-bond acceptors (Lipinski definition) is 7. The van der Waals surface area contributed by atoms with Crippen LogP contribution >= 0.6 is 0 Å². The Kier molecular flexibility index (Phi) is 6.09. The van der Waals surface area contributed by atoms with Crippen LogP contribution in [0.5, 0.6) is 0 Å². The van der Waals surface area contributed by atoms with Crippen LogP contribution in [0.3, 0.4) is 0 Å². The molecular formula is C28H40N6O. The molecule has 1 aromatic heterocycles. The highest BCUT2D eigenvalue weighted by Crippen LogP contribution is 2.60. The van der Waals surface area contributed by atoms with Crippen LogP contribution < -0.4 is 15.5 Å². The lowest BCUT2D eigenvalue weighted by molar-refractivity contribution is -0.0505. The molecule has 4 bridgehead atoms. The number of aliphatic hydroxyl groups excluding tert-OH is 1. The first kappa shape index (κ1) is 23.0. The average Bonchev–Trinajstić information content (AvgIpc) is 2.83. The molecular weight excluding hydrogens is 436 g/mol. The van der Waals surface area contributed by atoms with Gasteiger partial charge in [-0.05, 0) is 86.5 Å². The Balaban J connectivity index is 1.10. The normalized spacial score (nSPS) is 32.1. The van der Waals surface area contributed by atoms with E-state index >= 15 is 0 Å². The van der Waals surface area contributed by atoms with Crippen molar-refractivity contribution in [3.05, 3.63) is 36.0 Å². The molecule has 35 heavy (non-hydrogen) atoms. The van der Waals surface area contributed by atoms with Crippen LogP contribution in [0, 0.1) is 30.1 Å². The summed E-state index contributed by atoms with van der Waals surface area (Å²) in [5.41, 5.74) is 3.94. The summed E-state index contributed by atoms with van der Waals surface area (Å²) >= 11 is 0.